The maximum Gasteiger partial charge on any atom is 0.255 e. The molecule has 1 N–H and O–H groups in total. The van der Waals surface area contributed by atoms with Crippen molar-refractivity contribution in [3.63, 3.8) is 0 Å². The molecule has 1 aliphatic heterocycles. The zero-order valence-corrected chi connectivity index (χ0v) is 18.0. The fourth-order valence-electron chi connectivity index (χ4n) is 4.04. The monoisotopic (exact) mass is 436 g/mol. The summed E-state index contributed by atoms with van der Waals surface area (Å²) < 4.78 is 26.5. The van der Waals surface area contributed by atoms with Crippen LogP contribution in [0.1, 0.15) is 28.8 Å². The predicted octanol–water partition coefficient (Wildman–Crippen LogP) is 4.71. The van der Waals surface area contributed by atoms with Gasteiger partial charge in [0, 0.05) is 56.2 Å². The second kappa shape index (κ2) is 9.87. The molecule has 0 bridgehead atoms. The van der Waals surface area contributed by atoms with E-state index in [9.17, 15) is 13.6 Å². The summed E-state index contributed by atoms with van der Waals surface area (Å²) in [5.74, 6) is -0.0908. The molecule has 0 unspecified atom stereocenters. The lowest BCUT2D eigenvalue weighted by Gasteiger charge is -2.37. The normalized spacial score (nSPS) is 14.8. The van der Waals surface area contributed by atoms with Crippen LogP contribution in [-0.2, 0) is 6.54 Å². The third-order valence-electron chi connectivity index (χ3n) is 5.87. The summed E-state index contributed by atoms with van der Waals surface area (Å²) >= 11 is 0. The number of nitrogens with zero attached hydrogens (tertiary/aromatic N) is 3. The topological polar surface area (TPSA) is 48.5 Å². The van der Waals surface area contributed by atoms with Gasteiger partial charge in [0.05, 0.1) is 0 Å². The number of likely N-dealkylation sites (tertiary alicyclic amines) is 1. The Kier molecular flexibility index (Phi) is 6.75. The van der Waals surface area contributed by atoms with E-state index in [4.69, 9.17) is 0 Å². The lowest BCUT2D eigenvalue weighted by atomic mass is 10.0. The minimum Gasteiger partial charge on any atom is -0.357 e. The standard InChI is InChI=1S/C25H26F2N4O/c1-30(23-10-13-31(14-11-23)17-18-3-2-4-21(27)15-18)24-16-22(9-12-28-24)29-25(32)19-5-7-20(26)8-6-19/h2-9,12,15-16,23H,10-11,13-14,17H2,1H3,(H,28,29,32). The zero-order chi connectivity index (χ0) is 22.5. The number of halogens is 2. The van der Waals surface area contributed by atoms with Crippen molar-refractivity contribution in [2.45, 2.75) is 25.4 Å². The van der Waals surface area contributed by atoms with Gasteiger partial charge < -0.3 is 10.2 Å². The summed E-state index contributed by atoms with van der Waals surface area (Å²) in [6.07, 6.45) is 3.62. The van der Waals surface area contributed by atoms with Crippen molar-refractivity contribution in [3.05, 3.63) is 89.6 Å². The highest BCUT2D eigenvalue weighted by atomic mass is 19.1. The quantitative estimate of drug-likeness (QED) is 0.608. The number of rotatable bonds is 6. The second-order valence-corrected chi connectivity index (χ2v) is 8.11. The highest BCUT2D eigenvalue weighted by Crippen LogP contribution is 2.24. The molecule has 0 radical (unpaired) electrons. The van der Waals surface area contributed by atoms with Gasteiger partial charge in [0.2, 0.25) is 0 Å². The van der Waals surface area contributed by atoms with Gasteiger partial charge in [0.1, 0.15) is 17.5 Å². The predicted molar refractivity (Wildman–Crippen MR) is 122 cm³/mol. The van der Waals surface area contributed by atoms with E-state index < -0.39 is 0 Å². The Morgan fingerprint density at radius 1 is 1.06 bits per heavy atom. The van der Waals surface area contributed by atoms with E-state index in [-0.39, 0.29) is 17.5 Å². The minimum absolute atomic E-state index is 0.199. The number of nitrogens with one attached hydrogen (secondary N) is 1. The van der Waals surface area contributed by atoms with E-state index >= 15 is 0 Å². The molecule has 0 atom stereocenters. The summed E-state index contributed by atoms with van der Waals surface area (Å²) in [5, 5.41) is 2.85. The molecule has 7 heteroatoms. The molecular formula is C25H26F2N4O. The molecule has 0 saturated carbocycles. The number of hydrogen-bond acceptors (Lipinski definition) is 4. The minimum atomic E-state index is -0.378. The number of piperidine rings is 1. The lowest BCUT2D eigenvalue weighted by molar-refractivity contribution is 0.102. The summed E-state index contributed by atoms with van der Waals surface area (Å²) in [6.45, 7) is 2.59. The molecule has 1 amide bonds. The molecule has 166 valence electrons. The maximum atomic E-state index is 13.4. The number of aromatic nitrogens is 1. The molecule has 32 heavy (non-hydrogen) atoms. The maximum absolute atomic E-state index is 13.4. The van der Waals surface area contributed by atoms with Crippen LogP contribution in [0.25, 0.3) is 0 Å². The van der Waals surface area contributed by atoms with Crippen LogP contribution in [0, 0.1) is 11.6 Å². The first-order valence-corrected chi connectivity index (χ1v) is 10.7. The number of pyridine rings is 1. The molecule has 0 spiro atoms. The van der Waals surface area contributed by atoms with Gasteiger partial charge >= 0.3 is 0 Å². The van der Waals surface area contributed by atoms with Gasteiger partial charge in [-0.15, -0.1) is 0 Å². The van der Waals surface area contributed by atoms with Gasteiger partial charge in [-0.3, -0.25) is 9.69 Å². The number of hydrogen-bond donors (Lipinski definition) is 1. The second-order valence-electron chi connectivity index (χ2n) is 8.11. The molecule has 0 aliphatic carbocycles. The fraction of sp³-hybridized carbons (Fsp3) is 0.280. The number of amides is 1. The first kappa shape index (κ1) is 21.9. The Bertz CT molecular complexity index is 1070. The van der Waals surface area contributed by atoms with E-state index in [1.807, 2.05) is 19.2 Å². The van der Waals surface area contributed by atoms with Gasteiger partial charge in [-0.25, -0.2) is 13.8 Å². The lowest BCUT2D eigenvalue weighted by Crippen LogP contribution is -2.43. The molecule has 4 rings (SSSR count). The first-order valence-electron chi connectivity index (χ1n) is 10.7. The largest absolute Gasteiger partial charge is 0.357 e. The van der Waals surface area contributed by atoms with Crippen molar-refractivity contribution >= 4 is 17.4 Å². The van der Waals surface area contributed by atoms with Crippen LogP contribution in [-0.4, -0.2) is 42.0 Å². The van der Waals surface area contributed by atoms with Crippen LogP contribution >= 0.6 is 0 Å². The third-order valence-corrected chi connectivity index (χ3v) is 5.87. The number of carbonyl (C=O) groups excluding carboxylic acids is 1. The van der Waals surface area contributed by atoms with Gasteiger partial charge in [-0.2, -0.15) is 0 Å². The Morgan fingerprint density at radius 3 is 2.53 bits per heavy atom. The van der Waals surface area contributed by atoms with Gasteiger partial charge in [0.15, 0.2) is 0 Å². The van der Waals surface area contributed by atoms with Crippen molar-refractivity contribution < 1.29 is 13.6 Å². The fourth-order valence-corrected chi connectivity index (χ4v) is 4.04. The van der Waals surface area contributed by atoms with Gasteiger partial charge in [0.25, 0.3) is 5.91 Å². The van der Waals surface area contributed by atoms with Crippen LogP contribution < -0.4 is 10.2 Å². The van der Waals surface area contributed by atoms with E-state index in [1.54, 1.807) is 24.4 Å². The van der Waals surface area contributed by atoms with Crippen LogP contribution in [0.2, 0.25) is 0 Å². The molecular weight excluding hydrogens is 410 g/mol. The van der Waals surface area contributed by atoms with E-state index in [1.165, 1.54) is 30.3 Å². The molecule has 1 saturated heterocycles. The van der Waals surface area contributed by atoms with Crippen molar-refractivity contribution in [2.75, 3.05) is 30.4 Å². The Labute approximate surface area is 186 Å². The van der Waals surface area contributed by atoms with Crippen molar-refractivity contribution in [1.82, 2.24) is 9.88 Å². The van der Waals surface area contributed by atoms with Crippen molar-refractivity contribution in [3.8, 4) is 0 Å². The molecule has 1 fully saturated rings. The van der Waals surface area contributed by atoms with E-state index in [0.29, 0.717) is 17.3 Å². The van der Waals surface area contributed by atoms with Gasteiger partial charge in [-0.1, -0.05) is 12.1 Å². The highest BCUT2D eigenvalue weighted by Gasteiger charge is 2.23. The molecule has 1 aliphatic rings. The molecule has 2 aromatic carbocycles. The smallest absolute Gasteiger partial charge is 0.255 e. The van der Waals surface area contributed by atoms with Crippen LogP contribution in [0.5, 0.6) is 0 Å². The van der Waals surface area contributed by atoms with Crippen LogP contribution in [0.4, 0.5) is 20.3 Å². The number of anilines is 2. The SMILES string of the molecule is CN(c1cc(NC(=O)c2ccc(F)cc2)ccn1)C1CCN(Cc2cccc(F)c2)CC1. The Balaban J connectivity index is 1.34. The molecule has 3 aromatic rings. The van der Waals surface area contributed by atoms with E-state index in [0.717, 1.165) is 43.9 Å². The summed E-state index contributed by atoms with van der Waals surface area (Å²) in [7, 11) is 2.01. The summed E-state index contributed by atoms with van der Waals surface area (Å²) in [6, 6.07) is 16.1. The molecule has 2 heterocycles. The summed E-state index contributed by atoms with van der Waals surface area (Å²) in [5.41, 5.74) is 2.02. The zero-order valence-electron chi connectivity index (χ0n) is 18.0. The molecule has 5 nitrogen and oxygen atoms in total. The highest BCUT2D eigenvalue weighted by molar-refractivity contribution is 6.04. The Hall–Kier alpha value is -3.32. The van der Waals surface area contributed by atoms with E-state index in [2.05, 4.69) is 20.1 Å². The van der Waals surface area contributed by atoms with Crippen LogP contribution in [0.15, 0.2) is 66.9 Å². The molecule has 1 aromatic heterocycles. The number of benzene rings is 2. The first-order chi connectivity index (χ1) is 15.5. The van der Waals surface area contributed by atoms with Gasteiger partial charge in [-0.05, 0) is 60.9 Å². The van der Waals surface area contributed by atoms with Crippen LogP contribution in [0.3, 0.4) is 0 Å². The summed E-state index contributed by atoms with van der Waals surface area (Å²) in [4.78, 5) is 21.4. The Morgan fingerprint density at radius 2 is 1.81 bits per heavy atom. The average Bonchev–Trinajstić information content (AvgIpc) is 2.80. The average molecular weight is 437 g/mol. The number of carbonyl (C=O) groups is 1. The third kappa shape index (κ3) is 5.48. The van der Waals surface area contributed by atoms with Crippen molar-refractivity contribution in [1.29, 1.82) is 0 Å². The van der Waals surface area contributed by atoms with Crippen molar-refractivity contribution in [2.24, 2.45) is 0 Å².